The molecule has 0 aliphatic rings. The first-order valence-electron chi connectivity index (χ1n) is 6.50. The minimum atomic E-state index is -0.0625. The second-order valence-corrected chi connectivity index (χ2v) is 4.11. The molecule has 1 aromatic rings. The van der Waals surface area contributed by atoms with Gasteiger partial charge in [0.1, 0.15) is 0 Å². The standard InChI is InChI=1S/C17H21NO/c1-5-9-13-14(10-6-2)16(12-8-4)18-17(19)15(13)11-7-3/h5-12H,1-4H3,(H,18,19)/b9-5-,10-6-,11-7-,12-8-. The molecule has 0 aromatic carbocycles. The van der Waals surface area contributed by atoms with Gasteiger partial charge in [0, 0.05) is 16.8 Å². The number of H-pyrrole nitrogens is 1. The molecule has 0 radical (unpaired) electrons. The van der Waals surface area contributed by atoms with E-state index in [0.717, 1.165) is 16.8 Å². The van der Waals surface area contributed by atoms with Crippen LogP contribution in [0.2, 0.25) is 0 Å². The van der Waals surface area contributed by atoms with E-state index in [0.29, 0.717) is 5.56 Å². The van der Waals surface area contributed by atoms with E-state index in [-0.39, 0.29) is 5.56 Å². The highest BCUT2D eigenvalue weighted by Gasteiger charge is 2.10. The number of pyridine rings is 1. The highest BCUT2D eigenvalue weighted by molar-refractivity contribution is 5.77. The molecule has 0 aliphatic carbocycles. The van der Waals surface area contributed by atoms with Gasteiger partial charge in [-0.2, -0.15) is 0 Å². The van der Waals surface area contributed by atoms with Crippen molar-refractivity contribution >= 4 is 24.3 Å². The number of rotatable bonds is 4. The average molecular weight is 255 g/mol. The summed E-state index contributed by atoms with van der Waals surface area (Å²) in [5, 5.41) is 0. The zero-order valence-corrected chi connectivity index (χ0v) is 12.0. The van der Waals surface area contributed by atoms with Crippen molar-refractivity contribution in [2.24, 2.45) is 0 Å². The summed E-state index contributed by atoms with van der Waals surface area (Å²) in [7, 11) is 0. The Labute approximate surface area is 114 Å². The van der Waals surface area contributed by atoms with Crippen LogP contribution in [0.4, 0.5) is 0 Å². The highest BCUT2D eigenvalue weighted by Crippen LogP contribution is 2.21. The highest BCUT2D eigenvalue weighted by atomic mass is 16.1. The lowest BCUT2D eigenvalue weighted by molar-refractivity contribution is 1.18. The molecule has 1 aromatic heterocycles. The van der Waals surface area contributed by atoms with Crippen molar-refractivity contribution in [3.63, 3.8) is 0 Å². The maximum Gasteiger partial charge on any atom is 0.256 e. The topological polar surface area (TPSA) is 32.9 Å². The van der Waals surface area contributed by atoms with E-state index >= 15 is 0 Å². The van der Waals surface area contributed by atoms with E-state index in [9.17, 15) is 4.79 Å². The summed E-state index contributed by atoms with van der Waals surface area (Å²) in [6, 6.07) is 0. The summed E-state index contributed by atoms with van der Waals surface area (Å²) in [5.74, 6) is 0. The molecular weight excluding hydrogens is 234 g/mol. The monoisotopic (exact) mass is 255 g/mol. The van der Waals surface area contributed by atoms with Gasteiger partial charge in [0.2, 0.25) is 0 Å². The Morgan fingerprint density at radius 3 is 1.68 bits per heavy atom. The predicted octanol–water partition coefficient (Wildman–Crippen LogP) is 4.51. The fourth-order valence-electron chi connectivity index (χ4n) is 1.99. The maximum absolute atomic E-state index is 12.2. The third-order valence-corrected chi connectivity index (χ3v) is 2.70. The van der Waals surface area contributed by atoms with E-state index in [2.05, 4.69) is 4.98 Å². The molecule has 0 spiro atoms. The fourth-order valence-corrected chi connectivity index (χ4v) is 1.99. The van der Waals surface area contributed by atoms with Crippen LogP contribution in [0.25, 0.3) is 24.3 Å². The molecular formula is C17H21NO. The van der Waals surface area contributed by atoms with Crippen LogP contribution in [0, 0.1) is 0 Å². The summed E-state index contributed by atoms with van der Waals surface area (Å²) < 4.78 is 0. The van der Waals surface area contributed by atoms with Crippen LogP contribution in [-0.2, 0) is 0 Å². The molecule has 0 amide bonds. The molecule has 19 heavy (non-hydrogen) atoms. The lowest BCUT2D eigenvalue weighted by Crippen LogP contribution is -2.14. The predicted molar refractivity (Wildman–Crippen MR) is 85.9 cm³/mol. The molecule has 0 saturated heterocycles. The molecule has 100 valence electrons. The van der Waals surface area contributed by atoms with Gasteiger partial charge in [0.15, 0.2) is 0 Å². The summed E-state index contributed by atoms with van der Waals surface area (Å²) in [6.07, 6.45) is 15.5. The Bertz CT molecular complexity index is 598. The zero-order chi connectivity index (χ0) is 14.3. The van der Waals surface area contributed by atoms with Crippen LogP contribution in [0.3, 0.4) is 0 Å². The lowest BCUT2D eigenvalue weighted by Gasteiger charge is -2.10. The van der Waals surface area contributed by atoms with Gasteiger partial charge in [-0.05, 0) is 39.3 Å². The fraction of sp³-hybridized carbons (Fsp3) is 0.235. The van der Waals surface area contributed by atoms with Gasteiger partial charge in [-0.25, -0.2) is 0 Å². The SMILES string of the molecule is C/C=C\c1[nH]c(=O)c(/C=C\C)c(/C=C\C)c1/C=C\C. The van der Waals surface area contributed by atoms with Crippen molar-refractivity contribution in [2.75, 3.05) is 0 Å². The Hall–Kier alpha value is -2.09. The van der Waals surface area contributed by atoms with Gasteiger partial charge >= 0.3 is 0 Å². The molecule has 0 fully saturated rings. The van der Waals surface area contributed by atoms with Crippen molar-refractivity contribution in [1.29, 1.82) is 0 Å². The van der Waals surface area contributed by atoms with Gasteiger partial charge in [0.25, 0.3) is 5.56 Å². The molecule has 0 aliphatic heterocycles. The van der Waals surface area contributed by atoms with E-state index in [1.165, 1.54) is 0 Å². The Balaban J connectivity index is 3.79. The van der Waals surface area contributed by atoms with Crippen LogP contribution in [0.5, 0.6) is 0 Å². The molecule has 2 heteroatoms. The van der Waals surface area contributed by atoms with Crippen molar-refractivity contribution < 1.29 is 0 Å². The second kappa shape index (κ2) is 7.37. The van der Waals surface area contributed by atoms with Crippen LogP contribution in [0.1, 0.15) is 50.1 Å². The maximum atomic E-state index is 12.2. The first kappa shape index (κ1) is 15.0. The number of nitrogens with one attached hydrogen (secondary N) is 1. The average Bonchev–Trinajstić information content (AvgIpc) is 2.38. The molecule has 1 heterocycles. The molecule has 0 bridgehead atoms. The molecule has 2 nitrogen and oxygen atoms in total. The minimum absolute atomic E-state index is 0.0625. The quantitative estimate of drug-likeness (QED) is 0.843. The Kier molecular flexibility index (Phi) is 5.80. The zero-order valence-electron chi connectivity index (χ0n) is 12.0. The smallest absolute Gasteiger partial charge is 0.256 e. The van der Waals surface area contributed by atoms with Crippen molar-refractivity contribution in [3.8, 4) is 0 Å². The van der Waals surface area contributed by atoms with Gasteiger partial charge in [-0.1, -0.05) is 42.5 Å². The van der Waals surface area contributed by atoms with Crippen LogP contribution in [-0.4, -0.2) is 4.98 Å². The summed E-state index contributed by atoms with van der Waals surface area (Å²) >= 11 is 0. The Morgan fingerprint density at radius 1 is 0.684 bits per heavy atom. The van der Waals surface area contributed by atoms with Crippen molar-refractivity contribution in [3.05, 3.63) is 57.0 Å². The number of hydrogen-bond donors (Lipinski definition) is 1. The Morgan fingerprint density at radius 2 is 1.16 bits per heavy atom. The van der Waals surface area contributed by atoms with Gasteiger partial charge in [-0.15, -0.1) is 0 Å². The molecule has 0 saturated carbocycles. The first-order valence-corrected chi connectivity index (χ1v) is 6.50. The molecule has 0 unspecified atom stereocenters. The van der Waals surface area contributed by atoms with E-state index in [1.807, 2.05) is 76.3 Å². The molecule has 1 N–H and O–H groups in total. The van der Waals surface area contributed by atoms with Gasteiger partial charge in [-0.3, -0.25) is 4.79 Å². The number of hydrogen-bond acceptors (Lipinski definition) is 1. The molecule has 0 atom stereocenters. The van der Waals surface area contributed by atoms with Gasteiger partial charge < -0.3 is 4.98 Å². The minimum Gasteiger partial charge on any atom is -0.321 e. The van der Waals surface area contributed by atoms with Crippen LogP contribution >= 0.6 is 0 Å². The first-order chi connectivity index (χ1) is 9.19. The normalized spacial score (nSPS) is 12.6. The number of allylic oxidation sites excluding steroid dienone is 4. The van der Waals surface area contributed by atoms with E-state index < -0.39 is 0 Å². The van der Waals surface area contributed by atoms with Gasteiger partial charge in [0.05, 0.1) is 0 Å². The van der Waals surface area contributed by atoms with Crippen molar-refractivity contribution in [1.82, 2.24) is 4.98 Å². The largest absolute Gasteiger partial charge is 0.321 e. The van der Waals surface area contributed by atoms with Crippen LogP contribution in [0.15, 0.2) is 29.1 Å². The summed E-state index contributed by atoms with van der Waals surface area (Å²) in [5.41, 5.74) is 3.46. The van der Waals surface area contributed by atoms with Crippen molar-refractivity contribution in [2.45, 2.75) is 27.7 Å². The third-order valence-electron chi connectivity index (χ3n) is 2.70. The van der Waals surface area contributed by atoms with E-state index in [1.54, 1.807) is 0 Å². The second-order valence-electron chi connectivity index (χ2n) is 4.11. The molecule has 1 rings (SSSR count). The summed E-state index contributed by atoms with van der Waals surface area (Å²) in [4.78, 5) is 15.1. The third kappa shape index (κ3) is 3.44. The van der Waals surface area contributed by atoms with Crippen LogP contribution < -0.4 is 5.56 Å². The van der Waals surface area contributed by atoms with E-state index in [4.69, 9.17) is 0 Å². The summed E-state index contributed by atoms with van der Waals surface area (Å²) in [6.45, 7) is 7.77. The number of aromatic amines is 1. The number of aromatic nitrogens is 1. The lowest BCUT2D eigenvalue weighted by atomic mass is 9.99.